The maximum atomic E-state index is 4.77. The Balaban J connectivity index is 2.09. The van der Waals surface area contributed by atoms with E-state index in [0.717, 1.165) is 37.7 Å². The summed E-state index contributed by atoms with van der Waals surface area (Å²) in [5.74, 6) is 1.11. The van der Waals surface area contributed by atoms with Gasteiger partial charge in [0.2, 0.25) is 0 Å². The van der Waals surface area contributed by atoms with Crippen LogP contribution in [0.25, 0.3) is 0 Å². The normalized spacial score (nSPS) is 24.7. The zero-order valence-electron chi connectivity index (χ0n) is 12.6. The highest BCUT2D eigenvalue weighted by Crippen LogP contribution is 2.19. The average molecular weight is 262 g/mol. The summed E-state index contributed by atoms with van der Waals surface area (Å²) in [6, 6.07) is 7.48. The van der Waals surface area contributed by atoms with Crippen molar-refractivity contribution in [3.05, 3.63) is 23.9 Å². The third-order valence-corrected chi connectivity index (χ3v) is 4.03. The third kappa shape index (κ3) is 3.45. The van der Waals surface area contributed by atoms with Crippen LogP contribution in [-0.4, -0.2) is 48.6 Å². The van der Waals surface area contributed by atoms with Crippen LogP contribution in [-0.2, 0) is 6.54 Å². The molecule has 0 bridgehead atoms. The van der Waals surface area contributed by atoms with Crippen molar-refractivity contribution >= 4 is 5.82 Å². The molecular formula is C15H26N4. The molecular weight excluding hydrogens is 236 g/mol. The highest BCUT2D eigenvalue weighted by Gasteiger charge is 2.27. The lowest BCUT2D eigenvalue weighted by atomic mass is 10.1. The van der Waals surface area contributed by atoms with Gasteiger partial charge in [0.1, 0.15) is 5.82 Å². The third-order valence-electron chi connectivity index (χ3n) is 4.03. The van der Waals surface area contributed by atoms with Crippen LogP contribution in [0.4, 0.5) is 5.82 Å². The van der Waals surface area contributed by atoms with Gasteiger partial charge in [0.05, 0.1) is 5.69 Å². The van der Waals surface area contributed by atoms with Gasteiger partial charge >= 0.3 is 0 Å². The van der Waals surface area contributed by atoms with Gasteiger partial charge in [-0.3, -0.25) is 4.90 Å². The fourth-order valence-corrected chi connectivity index (χ4v) is 2.59. The fourth-order valence-electron chi connectivity index (χ4n) is 2.59. The number of nitrogens with zero attached hydrogens (tertiary/aromatic N) is 3. The van der Waals surface area contributed by atoms with Crippen molar-refractivity contribution in [1.29, 1.82) is 0 Å². The smallest absolute Gasteiger partial charge is 0.128 e. The summed E-state index contributed by atoms with van der Waals surface area (Å²) in [5, 5.41) is 3.33. The van der Waals surface area contributed by atoms with Crippen molar-refractivity contribution in [2.45, 2.75) is 39.4 Å². The topological polar surface area (TPSA) is 31.4 Å². The quantitative estimate of drug-likeness (QED) is 0.895. The van der Waals surface area contributed by atoms with Crippen molar-refractivity contribution in [3.8, 4) is 0 Å². The van der Waals surface area contributed by atoms with Crippen molar-refractivity contribution < 1.29 is 0 Å². The molecule has 2 rings (SSSR count). The SMILES string of the molecule is CCNCc1cccc(N2CC(C)N(C)C(C)C2)n1. The lowest BCUT2D eigenvalue weighted by molar-refractivity contribution is 0.169. The highest BCUT2D eigenvalue weighted by molar-refractivity contribution is 5.40. The molecule has 1 aliphatic heterocycles. The van der Waals surface area contributed by atoms with Crippen LogP contribution in [0.2, 0.25) is 0 Å². The predicted molar refractivity (Wildman–Crippen MR) is 80.5 cm³/mol. The van der Waals surface area contributed by atoms with Crippen LogP contribution < -0.4 is 10.2 Å². The summed E-state index contributed by atoms with van der Waals surface area (Å²) in [5.41, 5.74) is 1.12. The number of piperazine rings is 1. The number of anilines is 1. The minimum Gasteiger partial charge on any atom is -0.353 e. The molecule has 4 heteroatoms. The van der Waals surface area contributed by atoms with E-state index in [1.807, 2.05) is 0 Å². The molecule has 1 aliphatic rings. The fraction of sp³-hybridized carbons (Fsp3) is 0.667. The number of rotatable bonds is 4. The van der Waals surface area contributed by atoms with Crippen molar-refractivity contribution in [3.63, 3.8) is 0 Å². The molecule has 2 atom stereocenters. The van der Waals surface area contributed by atoms with Gasteiger partial charge in [0.25, 0.3) is 0 Å². The lowest BCUT2D eigenvalue weighted by Crippen LogP contribution is -2.55. The minimum atomic E-state index is 0.572. The number of pyridine rings is 1. The van der Waals surface area contributed by atoms with Crippen LogP contribution in [0, 0.1) is 0 Å². The average Bonchev–Trinajstić information content (AvgIpc) is 2.42. The molecule has 1 aromatic rings. The van der Waals surface area contributed by atoms with Crippen LogP contribution in [0.5, 0.6) is 0 Å². The lowest BCUT2D eigenvalue weighted by Gasteiger charge is -2.43. The monoisotopic (exact) mass is 262 g/mol. The van der Waals surface area contributed by atoms with Gasteiger partial charge in [-0.05, 0) is 39.6 Å². The number of nitrogens with one attached hydrogen (secondary N) is 1. The van der Waals surface area contributed by atoms with E-state index in [1.165, 1.54) is 0 Å². The van der Waals surface area contributed by atoms with E-state index in [1.54, 1.807) is 0 Å². The molecule has 1 fully saturated rings. The number of hydrogen-bond acceptors (Lipinski definition) is 4. The van der Waals surface area contributed by atoms with E-state index in [4.69, 9.17) is 4.98 Å². The van der Waals surface area contributed by atoms with E-state index in [2.05, 4.69) is 61.1 Å². The van der Waals surface area contributed by atoms with Gasteiger partial charge < -0.3 is 10.2 Å². The van der Waals surface area contributed by atoms with Crippen LogP contribution in [0.1, 0.15) is 26.5 Å². The molecule has 0 aliphatic carbocycles. The maximum Gasteiger partial charge on any atom is 0.128 e. The molecule has 0 spiro atoms. The Bertz CT molecular complexity index is 395. The summed E-state index contributed by atoms with van der Waals surface area (Å²) < 4.78 is 0. The highest BCUT2D eigenvalue weighted by atomic mass is 15.3. The Morgan fingerprint density at radius 1 is 1.26 bits per heavy atom. The van der Waals surface area contributed by atoms with Crippen molar-refractivity contribution in [2.24, 2.45) is 0 Å². The Kier molecular flexibility index (Phi) is 4.77. The first-order chi connectivity index (χ1) is 9.11. The van der Waals surface area contributed by atoms with Gasteiger partial charge in [-0.15, -0.1) is 0 Å². The Morgan fingerprint density at radius 3 is 2.58 bits per heavy atom. The first-order valence-electron chi connectivity index (χ1n) is 7.25. The van der Waals surface area contributed by atoms with Gasteiger partial charge in [0, 0.05) is 31.7 Å². The molecule has 0 aromatic carbocycles. The van der Waals surface area contributed by atoms with Crippen molar-refractivity contribution in [1.82, 2.24) is 15.2 Å². The van der Waals surface area contributed by atoms with Gasteiger partial charge in [-0.2, -0.15) is 0 Å². The predicted octanol–water partition coefficient (Wildman–Crippen LogP) is 1.72. The molecule has 4 nitrogen and oxygen atoms in total. The van der Waals surface area contributed by atoms with Gasteiger partial charge in [0.15, 0.2) is 0 Å². The largest absolute Gasteiger partial charge is 0.353 e. The molecule has 0 amide bonds. The molecule has 0 radical (unpaired) electrons. The van der Waals surface area contributed by atoms with Crippen molar-refractivity contribution in [2.75, 3.05) is 31.6 Å². The van der Waals surface area contributed by atoms with Crippen LogP contribution >= 0.6 is 0 Å². The second kappa shape index (κ2) is 6.35. The number of aromatic nitrogens is 1. The van der Waals surface area contributed by atoms with E-state index in [9.17, 15) is 0 Å². The molecule has 106 valence electrons. The summed E-state index contributed by atoms with van der Waals surface area (Å²) >= 11 is 0. The van der Waals surface area contributed by atoms with Crippen LogP contribution in [0.3, 0.4) is 0 Å². The molecule has 1 N–H and O–H groups in total. The Labute approximate surface area is 116 Å². The second-order valence-electron chi connectivity index (χ2n) is 5.54. The minimum absolute atomic E-state index is 0.572. The zero-order valence-corrected chi connectivity index (χ0v) is 12.6. The van der Waals surface area contributed by atoms with E-state index in [-0.39, 0.29) is 0 Å². The molecule has 0 saturated carbocycles. The molecule has 2 unspecified atom stereocenters. The number of likely N-dealkylation sites (N-methyl/N-ethyl adjacent to an activating group) is 1. The van der Waals surface area contributed by atoms with E-state index in [0.29, 0.717) is 12.1 Å². The summed E-state index contributed by atoms with van der Waals surface area (Å²) in [6.45, 7) is 10.6. The Hall–Kier alpha value is -1.13. The van der Waals surface area contributed by atoms with Gasteiger partial charge in [-0.25, -0.2) is 4.98 Å². The summed E-state index contributed by atoms with van der Waals surface area (Å²) in [7, 11) is 2.21. The first kappa shape index (κ1) is 14.3. The zero-order chi connectivity index (χ0) is 13.8. The number of hydrogen-bond donors (Lipinski definition) is 1. The molecule has 19 heavy (non-hydrogen) atoms. The maximum absolute atomic E-state index is 4.77. The first-order valence-corrected chi connectivity index (χ1v) is 7.25. The standard InChI is InChI=1S/C15H26N4/c1-5-16-9-14-7-6-8-15(17-14)19-10-12(2)18(4)13(3)11-19/h6-8,12-13,16H,5,9-11H2,1-4H3. The van der Waals surface area contributed by atoms with Crippen LogP contribution in [0.15, 0.2) is 18.2 Å². The second-order valence-corrected chi connectivity index (χ2v) is 5.54. The van der Waals surface area contributed by atoms with E-state index >= 15 is 0 Å². The van der Waals surface area contributed by atoms with Gasteiger partial charge in [-0.1, -0.05) is 13.0 Å². The molecule has 1 aromatic heterocycles. The summed E-state index contributed by atoms with van der Waals surface area (Å²) in [4.78, 5) is 9.62. The molecule has 2 heterocycles. The Morgan fingerprint density at radius 2 is 1.95 bits per heavy atom. The van der Waals surface area contributed by atoms with E-state index < -0.39 is 0 Å². The summed E-state index contributed by atoms with van der Waals surface area (Å²) in [6.07, 6.45) is 0. The molecule has 1 saturated heterocycles.